The minimum atomic E-state index is -0.520. The van der Waals surface area contributed by atoms with Gasteiger partial charge in [-0.3, -0.25) is 19.1 Å². The Bertz CT molecular complexity index is 1130. The molecule has 1 aliphatic rings. The van der Waals surface area contributed by atoms with Gasteiger partial charge in [0.2, 0.25) is 0 Å². The lowest BCUT2D eigenvalue weighted by molar-refractivity contribution is 0.0972. The van der Waals surface area contributed by atoms with E-state index in [4.69, 9.17) is 4.74 Å². The Morgan fingerprint density at radius 1 is 1.15 bits per heavy atom. The van der Waals surface area contributed by atoms with Crippen LogP contribution in [0.25, 0.3) is 11.0 Å². The maximum absolute atomic E-state index is 12.4. The molecule has 7 nitrogen and oxygen atoms in total. The standard InChI is InChI=1S/C19H17N3O4/c1-26-12-7-5-11(6-8-12)10-22-17-16(18(24)21-19(22)25)13-3-2-4-15(23)14(13)9-20-17/h5-9H,2-4,10H2,1H3,(H,21,24,25). The van der Waals surface area contributed by atoms with Gasteiger partial charge in [0.05, 0.1) is 19.0 Å². The highest BCUT2D eigenvalue weighted by Gasteiger charge is 2.23. The van der Waals surface area contributed by atoms with Gasteiger partial charge in [-0.15, -0.1) is 0 Å². The second kappa shape index (κ2) is 6.25. The number of H-pyrrole nitrogens is 1. The van der Waals surface area contributed by atoms with Gasteiger partial charge in [-0.2, -0.15) is 0 Å². The molecule has 0 bridgehead atoms. The highest BCUT2D eigenvalue weighted by Crippen LogP contribution is 2.25. The monoisotopic (exact) mass is 351 g/mol. The predicted molar refractivity (Wildman–Crippen MR) is 96.0 cm³/mol. The van der Waals surface area contributed by atoms with E-state index in [0.29, 0.717) is 41.4 Å². The van der Waals surface area contributed by atoms with E-state index in [9.17, 15) is 14.4 Å². The summed E-state index contributed by atoms with van der Waals surface area (Å²) < 4.78 is 6.57. The smallest absolute Gasteiger partial charge is 0.330 e. The summed E-state index contributed by atoms with van der Waals surface area (Å²) in [5, 5.41) is 0.337. The van der Waals surface area contributed by atoms with Crippen molar-refractivity contribution in [1.29, 1.82) is 0 Å². The van der Waals surface area contributed by atoms with Crippen LogP contribution in [-0.4, -0.2) is 27.4 Å². The van der Waals surface area contributed by atoms with Crippen molar-refractivity contribution in [2.24, 2.45) is 0 Å². The first kappa shape index (κ1) is 16.3. The summed E-state index contributed by atoms with van der Waals surface area (Å²) in [4.78, 5) is 43.6. The maximum Gasteiger partial charge on any atom is 0.330 e. The van der Waals surface area contributed by atoms with Gasteiger partial charge in [0.15, 0.2) is 5.78 Å². The van der Waals surface area contributed by atoms with Gasteiger partial charge >= 0.3 is 5.69 Å². The number of nitrogens with one attached hydrogen (secondary N) is 1. The fraction of sp³-hybridized carbons (Fsp3) is 0.263. The van der Waals surface area contributed by atoms with Crippen LogP contribution >= 0.6 is 0 Å². The van der Waals surface area contributed by atoms with Crippen LogP contribution in [-0.2, 0) is 13.0 Å². The molecular formula is C19H17N3O4. The predicted octanol–water partition coefficient (Wildman–Crippen LogP) is 1.66. The molecule has 3 aromatic rings. The third kappa shape index (κ3) is 2.61. The second-order valence-electron chi connectivity index (χ2n) is 6.32. The fourth-order valence-corrected chi connectivity index (χ4v) is 3.42. The minimum Gasteiger partial charge on any atom is -0.497 e. The lowest BCUT2D eigenvalue weighted by Gasteiger charge is -2.17. The van der Waals surface area contributed by atoms with Crippen LogP contribution in [0.3, 0.4) is 0 Å². The van der Waals surface area contributed by atoms with E-state index < -0.39 is 11.2 Å². The molecule has 1 aromatic carbocycles. The first-order valence-corrected chi connectivity index (χ1v) is 8.39. The molecule has 0 fully saturated rings. The minimum absolute atomic E-state index is 0.00652. The summed E-state index contributed by atoms with van der Waals surface area (Å²) in [5.41, 5.74) is 1.35. The number of hydrogen-bond donors (Lipinski definition) is 1. The summed E-state index contributed by atoms with van der Waals surface area (Å²) >= 11 is 0. The van der Waals surface area contributed by atoms with E-state index in [0.717, 1.165) is 11.3 Å². The molecular weight excluding hydrogens is 334 g/mol. The quantitative estimate of drug-likeness (QED) is 0.774. The van der Waals surface area contributed by atoms with Crippen LogP contribution < -0.4 is 16.0 Å². The Balaban J connectivity index is 1.90. The van der Waals surface area contributed by atoms with Gasteiger partial charge in [0, 0.05) is 18.2 Å². The molecule has 2 aromatic heterocycles. The number of ketones is 1. The zero-order chi connectivity index (χ0) is 18.3. The molecule has 0 saturated carbocycles. The third-order valence-electron chi connectivity index (χ3n) is 4.75. The molecule has 0 aliphatic heterocycles. The maximum atomic E-state index is 12.4. The summed E-state index contributed by atoms with van der Waals surface area (Å²) in [5.74, 6) is 0.714. The number of rotatable bonds is 3. The number of fused-ring (bicyclic) bond motifs is 3. The summed E-state index contributed by atoms with van der Waals surface area (Å²) in [7, 11) is 1.59. The topological polar surface area (TPSA) is 94.1 Å². The molecule has 7 heteroatoms. The molecule has 0 radical (unpaired) electrons. The van der Waals surface area contributed by atoms with Gasteiger partial charge in [-0.25, -0.2) is 9.78 Å². The number of benzene rings is 1. The van der Waals surface area contributed by atoms with E-state index in [2.05, 4.69) is 9.97 Å². The van der Waals surface area contributed by atoms with Crippen molar-refractivity contribution in [3.05, 3.63) is 68.0 Å². The normalized spacial score (nSPS) is 13.7. The number of aryl methyl sites for hydroxylation is 1. The molecule has 4 rings (SSSR count). The summed E-state index contributed by atoms with van der Waals surface area (Å²) in [6.07, 6.45) is 3.28. The van der Waals surface area contributed by atoms with Crippen molar-refractivity contribution in [3.8, 4) is 5.75 Å². The molecule has 0 atom stereocenters. The highest BCUT2D eigenvalue weighted by molar-refractivity contribution is 6.01. The van der Waals surface area contributed by atoms with Crippen molar-refractivity contribution >= 4 is 16.8 Å². The Hall–Kier alpha value is -3.22. The lowest BCUT2D eigenvalue weighted by atomic mass is 9.90. The van der Waals surface area contributed by atoms with Crippen molar-refractivity contribution in [1.82, 2.24) is 14.5 Å². The van der Waals surface area contributed by atoms with Gasteiger partial charge in [-0.05, 0) is 36.1 Å². The average molecular weight is 351 g/mol. The molecule has 0 spiro atoms. The molecule has 0 saturated heterocycles. The number of carbonyl (C=O) groups is 1. The molecule has 26 heavy (non-hydrogen) atoms. The molecule has 132 valence electrons. The number of methoxy groups -OCH3 is 1. The number of aromatic amines is 1. The Morgan fingerprint density at radius 2 is 1.92 bits per heavy atom. The molecule has 2 heterocycles. The second-order valence-corrected chi connectivity index (χ2v) is 6.32. The fourth-order valence-electron chi connectivity index (χ4n) is 3.42. The van der Waals surface area contributed by atoms with E-state index in [1.165, 1.54) is 10.8 Å². The lowest BCUT2D eigenvalue weighted by Crippen LogP contribution is -2.32. The molecule has 1 aliphatic carbocycles. The van der Waals surface area contributed by atoms with Crippen molar-refractivity contribution in [2.45, 2.75) is 25.8 Å². The zero-order valence-electron chi connectivity index (χ0n) is 14.2. The van der Waals surface area contributed by atoms with E-state index in [-0.39, 0.29) is 12.3 Å². The molecule has 0 unspecified atom stereocenters. The molecule has 0 amide bonds. The number of ether oxygens (including phenoxy) is 1. The zero-order valence-corrected chi connectivity index (χ0v) is 14.2. The van der Waals surface area contributed by atoms with Crippen LogP contribution in [0, 0.1) is 0 Å². The van der Waals surface area contributed by atoms with Gasteiger partial charge in [0.1, 0.15) is 11.4 Å². The van der Waals surface area contributed by atoms with Gasteiger partial charge in [0.25, 0.3) is 5.56 Å². The molecule has 1 N–H and O–H groups in total. The number of pyridine rings is 1. The first-order valence-electron chi connectivity index (χ1n) is 8.39. The Kier molecular flexibility index (Phi) is 3.91. The van der Waals surface area contributed by atoms with Crippen LogP contribution in [0.5, 0.6) is 5.75 Å². The SMILES string of the molecule is COc1ccc(Cn2c(=O)[nH]c(=O)c3c4c(cnc32)C(=O)CCC4)cc1. The third-order valence-corrected chi connectivity index (χ3v) is 4.75. The number of nitrogens with zero attached hydrogens (tertiary/aromatic N) is 2. The van der Waals surface area contributed by atoms with Gasteiger partial charge in [-0.1, -0.05) is 12.1 Å². The van der Waals surface area contributed by atoms with Crippen molar-refractivity contribution < 1.29 is 9.53 Å². The van der Waals surface area contributed by atoms with Crippen LogP contribution in [0.4, 0.5) is 0 Å². The Labute approximate surface area is 148 Å². The van der Waals surface area contributed by atoms with Crippen LogP contribution in [0.15, 0.2) is 40.1 Å². The van der Waals surface area contributed by atoms with E-state index in [1.807, 2.05) is 24.3 Å². The number of Topliss-reactive ketones (excluding diaryl/α,β-unsaturated/α-hetero) is 1. The summed E-state index contributed by atoms with van der Waals surface area (Å²) in [6.45, 7) is 0.260. The van der Waals surface area contributed by atoms with Crippen molar-refractivity contribution in [3.63, 3.8) is 0 Å². The largest absolute Gasteiger partial charge is 0.497 e. The average Bonchev–Trinajstić information content (AvgIpc) is 2.65. The number of carbonyl (C=O) groups excluding carboxylic acids is 1. The summed E-state index contributed by atoms with van der Waals surface area (Å²) in [6, 6.07) is 7.32. The first-order chi connectivity index (χ1) is 12.6. The van der Waals surface area contributed by atoms with Crippen molar-refractivity contribution in [2.75, 3.05) is 7.11 Å². The van der Waals surface area contributed by atoms with Crippen LogP contribution in [0.2, 0.25) is 0 Å². The number of aromatic nitrogens is 3. The Morgan fingerprint density at radius 3 is 2.65 bits per heavy atom. The van der Waals surface area contributed by atoms with Crippen LogP contribution in [0.1, 0.15) is 34.3 Å². The number of hydrogen-bond acceptors (Lipinski definition) is 5. The van der Waals surface area contributed by atoms with E-state index >= 15 is 0 Å². The highest BCUT2D eigenvalue weighted by atomic mass is 16.5. The van der Waals surface area contributed by atoms with E-state index in [1.54, 1.807) is 7.11 Å². The van der Waals surface area contributed by atoms with Gasteiger partial charge < -0.3 is 4.74 Å².